The number of nitrogens with one attached hydrogen (secondary N) is 1. The van der Waals surface area contributed by atoms with E-state index in [4.69, 9.17) is 32.7 Å². The second kappa shape index (κ2) is 10.1. The van der Waals surface area contributed by atoms with Crippen LogP contribution in [0.2, 0.25) is 10.0 Å². The molecule has 172 valence electrons. The first-order valence-corrected chi connectivity index (χ1v) is 11.3. The molecule has 0 aromatic heterocycles. The standard InChI is InChI=1S/C19H16Cl2F2N2O6S/c20-13-2-1-11(32(28,29)25-3-5-30-6-4-25)7-17(13)24-18(26)10-31-19(27)12-8-15(22)16(23)9-14(12)21/h1-2,7-9H,3-6,10H2,(H,24,26). The summed E-state index contributed by atoms with van der Waals surface area (Å²) in [6, 6.07) is 4.94. The van der Waals surface area contributed by atoms with Crippen LogP contribution in [0.1, 0.15) is 10.4 Å². The van der Waals surface area contributed by atoms with Gasteiger partial charge in [-0.3, -0.25) is 4.79 Å². The van der Waals surface area contributed by atoms with Crippen molar-refractivity contribution in [3.63, 3.8) is 0 Å². The summed E-state index contributed by atoms with van der Waals surface area (Å²) in [5, 5.41) is 2.00. The number of ether oxygens (including phenoxy) is 2. The Kier molecular flexibility index (Phi) is 7.67. The van der Waals surface area contributed by atoms with Crippen LogP contribution in [0, 0.1) is 11.6 Å². The number of halogens is 4. The molecule has 2 aromatic carbocycles. The summed E-state index contributed by atoms with van der Waals surface area (Å²) < 4.78 is 63.1. The molecule has 1 saturated heterocycles. The number of hydrogen-bond donors (Lipinski definition) is 1. The number of esters is 1. The van der Waals surface area contributed by atoms with E-state index >= 15 is 0 Å². The van der Waals surface area contributed by atoms with E-state index in [-0.39, 0.29) is 41.9 Å². The normalized spacial score (nSPS) is 14.8. The molecular formula is C19H16Cl2F2N2O6S. The Bertz CT molecular complexity index is 1160. The van der Waals surface area contributed by atoms with Crippen molar-refractivity contribution in [1.29, 1.82) is 0 Å². The summed E-state index contributed by atoms with van der Waals surface area (Å²) in [6.45, 7) is 0.0999. The minimum Gasteiger partial charge on any atom is -0.452 e. The fourth-order valence-corrected chi connectivity index (χ4v) is 4.60. The highest BCUT2D eigenvalue weighted by Gasteiger charge is 2.27. The summed E-state index contributed by atoms with van der Waals surface area (Å²) in [7, 11) is -3.83. The first-order valence-electron chi connectivity index (χ1n) is 9.08. The van der Waals surface area contributed by atoms with Crippen LogP contribution in [0.15, 0.2) is 35.2 Å². The van der Waals surface area contributed by atoms with Gasteiger partial charge in [0.1, 0.15) is 0 Å². The number of amides is 1. The zero-order valence-electron chi connectivity index (χ0n) is 16.2. The predicted molar refractivity (Wildman–Crippen MR) is 111 cm³/mol. The minimum absolute atomic E-state index is 0.0205. The molecule has 8 nitrogen and oxygen atoms in total. The van der Waals surface area contributed by atoms with Crippen LogP contribution in [0.5, 0.6) is 0 Å². The molecule has 32 heavy (non-hydrogen) atoms. The van der Waals surface area contributed by atoms with Gasteiger partial charge >= 0.3 is 5.97 Å². The monoisotopic (exact) mass is 508 g/mol. The van der Waals surface area contributed by atoms with Gasteiger partial charge in [-0.2, -0.15) is 4.31 Å². The highest BCUT2D eigenvalue weighted by Crippen LogP contribution is 2.27. The van der Waals surface area contributed by atoms with Crippen molar-refractivity contribution in [3.05, 3.63) is 57.6 Å². The molecule has 0 aliphatic carbocycles. The van der Waals surface area contributed by atoms with E-state index in [2.05, 4.69) is 5.32 Å². The van der Waals surface area contributed by atoms with Crippen molar-refractivity contribution in [2.75, 3.05) is 38.2 Å². The van der Waals surface area contributed by atoms with E-state index in [1.54, 1.807) is 0 Å². The number of carbonyl (C=O) groups excluding carboxylic acids is 2. The maximum atomic E-state index is 13.3. The molecule has 1 N–H and O–H groups in total. The van der Waals surface area contributed by atoms with Gasteiger partial charge in [-0.25, -0.2) is 22.0 Å². The highest BCUT2D eigenvalue weighted by atomic mass is 35.5. The maximum Gasteiger partial charge on any atom is 0.340 e. The first kappa shape index (κ1) is 24.3. The average molecular weight is 509 g/mol. The third-order valence-electron chi connectivity index (χ3n) is 4.38. The third kappa shape index (κ3) is 5.54. The number of morpholine rings is 1. The second-order valence-corrected chi connectivity index (χ2v) is 9.28. The number of hydrogen-bond acceptors (Lipinski definition) is 6. The van der Waals surface area contributed by atoms with Gasteiger partial charge in [0.05, 0.1) is 39.4 Å². The lowest BCUT2D eigenvalue weighted by atomic mass is 10.2. The SMILES string of the molecule is O=C(COC(=O)c1cc(F)c(F)cc1Cl)Nc1cc(S(=O)(=O)N2CCOCC2)ccc1Cl. The van der Waals surface area contributed by atoms with Crippen molar-refractivity contribution >= 4 is 50.8 Å². The molecule has 2 aromatic rings. The van der Waals surface area contributed by atoms with Crippen LogP contribution >= 0.6 is 23.2 Å². The number of sulfonamides is 1. The smallest absolute Gasteiger partial charge is 0.340 e. The lowest BCUT2D eigenvalue weighted by molar-refractivity contribution is -0.119. The summed E-state index contributed by atoms with van der Waals surface area (Å²) in [5.41, 5.74) is -0.483. The van der Waals surface area contributed by atoms with Gasteiger partial charge in [0, 0.05) is 13.1 Å². The molecule has 0 radical (unpaired) electrons. The Morgan fingerprint density at radius 2 is 1.72 bits per heavy atom. The van der Waals surface area contributed by atoms with E-state index in [0.717, 1.165) is 0 Å². The molecule has 13 heteroatoms. The number of anilines is 1. The van der Waals surface area contributed by atoms with E-state index in [1.807, 2.05) is 0 Å². The van der Waals surface area contributed by atoms with Crippen LogP contribution in [0.4, 0.5) is 14.5 Å². The number of nitrogens with zero attached hydrogens (tertiary/aromatic N) is 1. The largest absolute Gasteiger partial charge is 0.452 e. The maximum absolute atomic E-state index is 13.3. The van der Waals surface area contributed by atoms with Gasteiger partial charge < -0.3 is 14.8 Å². The number of rotatable bonds is 6. The molecule has 0 saturated carbocycles. The van der Waals surface area contributed by atoms with Crippen molar-refractivity contribution in [2.24, 2.45) is 0 Å². The zero-order valence-corrected chi connectivity index (χ0v) is 18.6. The third-order valence-corrected chi connectivity index (χ3v) is 6.92. The fourth-order valence-electron chi connectivity index (χ4n) is 2.77. The average Bonchev–Trinajstić information content (AvgIpc) is 2.76. The predicted octanol–water partition coefficient (Wildman–Crippen LogP) is 3.09. The van der Waals surface area contributed by atoms with Crippen LogP contribution in [0.25, 0.3) is 0 Å². The Morgan fingerprint density at radius 3 is 2.41 bits per heavy atom. The van der Waals surface area contributed by atoms with E-state index in [9.17, 15) is 26.8 Å². The molecule has 0 spiro atoms. The second-order valence-electron chi connectivity index (χ2n) is 6.53. The summed E-state index contributed by atoms with van der Waals surface area (Å²) in [5.74, 6) is -4.56. The lowest BCUT2D eigenvalue weighted by Gasteiger charge is -2.26. The van der Waals surface area contributed by atoms with Crippen molar-refractivity contribution < 1.29 is 36.3 Å². The van der Waals surface area contributed by atoms with Gasteiger partial charge in [-0.05, 0) is 30.3 Å². The van der Waals surface area contributed by atoms with E-state index < -0.39 is 50.7 Å². The zero-order chi connectivity index (χ0) is 23.5. The van der Waals surface area contributed by atoms with Crippen LogP contribution in [-0.4, -0.2) is 57.5 Å². The van der Waals surface area contributed by atoms with Gasteiger partial charge in [-0.1, -0.05) is 23.2 Å². The lowest BCUT2D eigenvalue weighted by Crippen LogP contribution is -2.40. The molecular weight excluding hydrogens is 493 g/mol. The van der Waals surface area contributed by atoms with Crippen molar-refractivity contribution in [1.82, 2.24) is 4.31 Å². The summed E-state index contributed by atoms with van der Waals surface area (Å²) in [6.07, 6.45) is 0. The Labute approximate surface area is 192 Å². The Morgan fingerprint density at radius 1 is 1.06 bits per heavy atom. The molecule has 1 fully saturated rings. The highest BCUT2D eigenvalue weighted by molar-refractivity contribution is 7.89. The molecule has 0 atom stereocenters. The van der Waals surface area contributed by atoms with Gasteiger partial charge in [-0.15, -0.1) is 0 Å². The van der Waals surface area contributed by atoms with E-state index in [1.165, 1.54) is 22.5 Å². The number of benzene rings is 2. The molecule has 3 rings (SSSR count). The molecule has 1 heterocycles. The van der Waals surface area contributed by atoms with Crippen LogP contribution in [-0.2, 0) is 24.3 Å². The summed E-state index contributed by atoms with van der Waals surface area (Å²) in [4.78, 5) is 24.1. The Hall–Kier alpha value is -2.31. The summed E-state index contributed by atoms with van der Waals surface area (Å²) >= 11 is 11.7. The van der Waals surface area contributed by atoms with Crippen LogP contribution < -0.4 is 5.32 Å². The molecule has 1 aliphatic rings. The topological polar surface area (TPSA) is 102 Å². The van der Waals surface area contributed by atoms with Gasteiger partial charge in [0.15, 0.2) is 18.2 Å². The molecule has 1 amide bonds. The van der Waals surface area contributed by atoms with Crippen molar-refractivity contribution in [3.8, 4) is 0 Å². The molecule has 1 aliphatic heterocycles. The fraction of sp³-hybridized carbons (Fsp3) is 0.263. The Balaban J connectivity index is 1.68. The molecule has 0 bridgehead atoms. The van der Waals surface area contributed by atoms with Crippen molar-refractivity contribution in [2.45, 2.75) is 4.90 Å². The van der Waals surface area contributed by atoms with Gasteiger partial charge in [0.25, 0.3) is 5.91 Å². The quantitative estimate of drug-likeness (QED) is 0.475. The van der Waals surface area contributed by atoms with Gasteiger partial charge in [0.2, 0.25) is 10.0 Å². The van der Waals surface area contributed by atoms with E-state index in [0.29, 0.717) is 12.1 Å². The molecule has 0 unspecified atom stereocenters. The van der Waals surface area contributed by atoms with Crippen LogP contribution in [0.3, 0.4) is 0 Å². The first-order chi connectivity index (χ1) is 15.1. The number of carbonyl (C=O) groups is 2. The minimum atomic E-state index is -3.83.